The van der Waals surface area contributed by atoms with Crippen LogP contribution >= 0.6 is 0 Å². The van der Waals surface area contributed by atoms with E-state index < -0.39 is 23.8 Å². The Hall–Kier alpha value is -6.42. The molecule has 2 aromatic carbocycles. The summed E-state index contributed by atoms with van der Waals surface area (Å²) in [5, 5.41) is 14.5. The molecule has 3 fully saturated rings. The number of hydrogen-bond donors (Lipinski definition) is 3. The summed E-state index contributed by atoms with van der Waals surface area (Å²) < 4.78 is 1.76. The zero-order valence-electron chi connectivity index (χ0n) is 32.9. The van der Waals surface area contributed by atoms with Gasteiger partial charge in [0.2, 0.25) is 17.8 Å². The number of nitrogens with zero attached hydrogens (tertiary/aromatic N) is 9. The lowest BCUT2D eigenvalue weighted by atomic mass is 9.96. The van der Waals surface area contributed by atoms with Crippen LogP contribution in [0.15, 0.2) is 60.9 Å². The van der Waals surface area contributed by atoms with E-state index in [0.717, 1.165) is 103 Å². The molecule has 0 radical (unpaired) electrons. The van der Waals surface area contributed by atoms with Crippen molar-refractivity contribution in [2.45, 2.75) is 45.6 Å². The van der Waals surface area contributed by atoms with E-state index in [9.17, 15) is 19.2 Å². The van der Waals surface area contributed by atoms with E-state index in [-0.39, 0.29) is 18.7 Å². The number of piperazine rings is 1. The number of carbonyl (C=O) groups is 4. The molecule has 298 valence electrons. The number of aryl methyl sites for hydroxylation is 3. The molecule has 2 atom stereocenters. The van der Waals surface area contributed by atoms with Crippen molar-refractivity contribution in [3.63, 3.8) is 0 Å². The van der Waals surface area contributed by atoms with Crippen molar-refractivity contribution in [3.05, 3.63) is 83.2 Å². The molecule has 0 saturated carbocycles. The molecule has 3 saturated heterocycles. The minimum absolute atomic E-state index is 0.0959. The molecule has 16 nitrogen and oxygen atoms in total. The lowest BCUT2D eigenvalue weighted by molar-refractivity contribution is -0.136. The second kappa shape index (κ2) is 15.2. The Labute approximate surface area is 335 Å². The average Bonchev–Trinajstić information content (AvgIpc) is 3.67. The van der Waals surface area contributed by atoms with Gasteiger partial charge in [-0.25, -0.2) is 14.6 Å². The number of pyridine rings is 1. The molecular formula is C42H46N12O4. The van der Waals surface area contributed by atoms with Crippen LogP contribution in [0.2, 0.25) is 0 Å². The summed E-state index contributed by atoms with van der Waals surface area (Å²) in [5.41, 5.74) is 6.35. The predicted molar refractivity (Wildman–Crippen MR) is 220 cm³/mol. The third kappa shape index (κ3) is 7.08. The number of para-hydroxylation sites is 1. The minimum atomic E-state index is -0.970. The quantitative estimate of drug-likeness (QED) is 0.181. The first-order valence-electron chi connectivity index (χ1n) is 19.9. The number of amides is 4. The van der Waals surface area contributed by atoms with Gasteiger partial charge in [0.25, 0.3) is 11.8 Å². The Balaban J connectivity index is 0.776. The Morgan fingerprint density at radius 2 is 1.62 bits per heavy atom. The van der Waals surface area contributed by atoms with Crippen LogP contribution in [0.1, 0.15) is 57.5 Å². The van der Waals surface area contributed by atoms with Crippen LogP contribution < -0.4 is 25.8 Å². The fourth-order valence-electron chi connectivity index (χ4n) is 8.73. The summed E-state index contributed by atoms with van der Waals surface area (Å²) >= 11 is 0. The van der Waals surface area contributed by atoms with Crippen molar-refractivity contribution in [2.24, 2.45) is 13.0 Å². The first-order valence-corrected chi connectivity index (χ1v) is 19.9. The van der Waals surface area contributed by atoms with Gasteiger partial charge >= 0.3 is 0 Å². The summed E-state index contributed by atoms with van der Waals surface area (Å²) in [4.78, 5) is 73.0. The van der Waals surface area contributed by atoms with Gasteiger partial charge in [-0.05, 0) is 80.5 Å². The fraction of sp³-hybridized carbons (Fsp3) is 0.381. The molecule has 0 spiro atoms. The number of nitrogens with one attached hydrogen (secondary N) is 3. The van der Waals surface area contributed by atoms with Gasteiger partial charge in [0, 0.05) is 76.9 Å². The smallest absolute Gasteiger partial charge is 0.262 e. The lowest BCUT2D eigenvalue weighted by Crippen LogP contribution is -2.54. The summed E-state index contributed by atoms with van der Waals surface area (Å²) in [6, 6.07) is 14.7. The van der Waals surface area contributed by atoms with E-state index in [4.69, 9.17) is 9.97 Å². The molecule has 1 unspecified atom stereocenters. The van der Waals surface area contributed by atoms with Crippen LogP contribution in [0.3, 0.4) is 0 Å². The molecule has 4 aliphatic rings. The van der Waals surface area contributed by atoms with Gasteiger partial charge < -0.3 is 20.4 Å². The summed E-state index contributed by atoms with van der Waals surface area (Å²) in [6.07, 6.45) is 6.01. The van der Waals surface area contributed by atoms with Gasteiger partial charge in [-0.3, -0.25) is 34.3 Å². The molecular weight excluding hydrogens is 737 g/mol. The number of carbonyl (C=O) groups excluding carboxylic acids is 4. The van der Waals surface area contributed by atoms with Crippen LogP contribution in [0, 0.1) is 19.8 Å². The SMILES string of the molecule is Cc1cccc(C)c1Nc1nn(C)c2nc(Nc3ccc(N4CCN(C[C@@H]5CCCN(c6ccc7c(c6)C(=O)N(C6CCC(=O)NC6=O)C7=O)C5)CC4)nc3)ncc12. The number of fused-ring (bicyclic) bond motifs is 2. The molecule has 4 amide bonds. The van der Waals surface area contributed by atoms with Crippen LogP contribution in [-0.2, 0) is 16.6 Å². The van der Waals surface area contributed by atoms with Gasteiger partial charge in [-0.1, -0.05) is 18.2 Å². The highest BCUT2D eigenvalue weighted by Crippen LogP contribution is 2.33. The van der Waals surface area contributed by atoms with E-state index in [0.29, 0.717) is 34.5 Å². The van der Waals surface area contributed by atoms with Crippen LogP contribution in [0.25, 0.3) is 11.0 Å². The molecule has 3 aromatic heterocycles. The standard InChI is InChI=1S/C42H46N12O4/c1-25-6-4-7-26(2)36(25)47-37-32-22-44-42(48-38(32)50(3)49-37)45-28-9-13-34(43-21-28)52-18-16-51(17-19-52)23-27-8-5-15-53(24-27)29-10-11-30-31(20-29)41(58)54(40(30)57)33-12-14-35(55)46-39(33)56/h4,6-7,9-11,13,20-22,27,33H,5,8,12,14-19,23-24H2,1-3H3,(H,47,49)(H,44,45,48)(H,46,55,56)/t27-,33?/m0/s1. The monoisotopic (exact) mass is 782 g/mol. The number of hydrogen-bond acceptors (Lipinski definition) is 13. The van der Waals surface area contributed by atoms with Crippen molar-refractivity contribution in [1.29, 1.82) is 0 Å². The lowest BCUT2D eigenvalue weighted by Gasteiger charge is -2.40. The summed E-state index contributed by atoms with van der Waals surface area (Å²) in [5.74, 6) is 0.626. The van der Waals surface area contributed by atoms with E-state index in [1.807, 2.05) is 37.5 Å². The normalized spacial score (nSPS) is 20.2. The van der Waals surface area contributed by atoms with Gasteiger partial charge in [0.15, 0.2) is 11.5 Å². The first kappa shape index (κ1) is 37.2. The number of rotatable bonds is 9. The van der Waals surface area contributed by atoms with Gasteiger partial charge in [0.05, 0.1) is 28.4 Å². The van der Waals surface area contributed by atoms with E-state index in [1.54, 1.807) is 23.0 Å². The van der Waals surface area contributed by atoms with Gasteiger partial charge in [-0.15, -0.1) is 0 Å². The molecule has 4 aliphatic heterocycles. The second-order valence-corrected chi connectivity index (χ2v) is 15.7. The fourth-order valence-corrected chi connectivity index (χ4v) is 8.73. The van der Waals surface area contributed by atoms with Crippen molar-refractivity contribution >= 4 is 69.3 Å². The Kier molecular flexibility index (Phi) is 9.71. The molecule has 0 aliphatic carbocycles. The molecule has 58 heavy (non-hydrogen) atoms. The number of anilines is 6. The zero-order valence-corrected chi connectivity index (χ0v) is 32.9. The highest BCUT2D eigenvalue weighted by atomic mass is 16.2. The number of aromatic nitrogens is 5. The highest BCUT2D eigenvalue weighted by molar-refractivity contribution is 6.23. The third-order valence-corrected chi connectivity index (χ3v) is 11.8. The summed E-state index contributed by atoms with van der Waals surface area (Å²) in [6.45, 7) is 10.5. The molecule has 0 bridgehead atoms. The Morgan fingerprint density at radius 3 is 2.38 bits per heavy atom. The van der Waals surface area contributed by atoms with Crippen molar-refractivity contribution in [1.82, 2.24) is 39.8 Å². The molecule has 5 aromatic rings. The zero-order chi connectivity index (χ0) is 40.1. The van der Waals surface area contributed by atoms with E-state index >= 15 is 0 Å². The van der Waals surface area contributed by atoms with Gasteiger partial charge in [-0.2, -0.15) is 10.1 Å². The largest absolute Gasteiger partial charge is 0.371 e. The number of imide groups is 2. The van der Waals surface area contributed by atoms with E-state index in [2.05, 4.69) is 66.7 Å². The molecule has 3 N–H and O–H groups in total. The van der Waals surface area contributed by atoms with Crippen LogP contribution in [0.4, 0.5) is 34.6 Å². The van der Waals surface area contributed by atoms with Gasteiger partial charge in [0.1, 0.15) is 11.9 Å². The Morgan fingerprint density at radius 1 is 0.828 bits per heavy atom. The number of piperidine rings is 2. The van der Waals surface area contributed by atoms with E-state index in [1.165, 1.54) is 0 Å². The summed E-state index contributed by atoms with van der Waals surface area (Å²) in [7, 11) is 1.88. The van der Waals surface area contributed by atoms with Crippen LogP contribution in [0.5, 0.6) is 0 Å². The number of benzene rings is 2. The second-order valence-electron chi connectivity index (χ2n) is 15.7. The predicted octanol–water partition coefficient (Wildman–Crippen LogP) is 4.30. The van der Waals surface area contributed by atoms with Crippen molar-refractivity contribution < 1.29 is 19.2 Å². The first-order chi connectivity index (χ1) is 28.1. The highest BCUT2D eigenvalue weighted by Gasteiger charge is 2.45. The Bertz CT molecular complexity index is 2420. The maximum absolute atomic E-state index is 13.4. The maximum Gasteiger partial charge on any atom is 0.262 e. The van der Waals surface area contributed by atoms with Crippen molar-refractivity contribution in [3.8, 4) is 0 Å². The molecule has 9 rings (SSSR count). The minimum Gasteiger partial charge on any atom is -0.371 e. The molecule has 7 heterocycles. The van der Waals surface area contributed by atoms with Crippen molar-refractivity contribution in [2.75, 3.05) is 66.2 Å². The average molecular weight is 783 g/mol. The van der Waals surface area contributed by atoms with Crippen LogP contribution in [-0.4, -0.2) is 110 Å². The third-order valence-electron chi connectivity index (χ3n) is 11.8. The molecule has 16 heteroatoms. The topological polar surface area (TPSA) is 174 Å². The maximum atomic E-state index is 13.4.